The van der Waals surface area contributed by atoms with Crippen molar-refractivity contribution in [3.05, 3.63) is 278 Å². The highest BCUT2D eigenvalue weighted by molar-refractivity contribution is 7.86. The Morgan fingerprint density at radius 3 is 1.20 bits per heavy atom. The van der Waals surface area contributed by atoms with Gasteiger partial charge < -0.3 is 33.7 Å². The Morgan fingerprint density at radius 2 is 0.843 bits per heavy atom. The van der Waals surface area contributed by atoms with Crippen LogP contribution in [0.2, 0.25) is 0 Å². The molecule has 4 N–H and O–H groups in total. The van der Waals surface area contributed by atoms with Crippen LogP contribution in [0, 0.1) is 41.5 Å². The fourth-order valence-electron chi connectivity index (χ4n) is 15.4. The molecule has 2 atom stereocenters. The maximum atomic E-state index is 13.3. The number of amides is 2. The van der Waals surface area contributed by atoms with Gasteiger partial charge in [-0.15, -0.1) is 0 Å². The van der Waals surface area contributed by atoms with Gasteiger partial charge in [0.2, 0.25) is 0 Å². The predicted molar refractivity (Wildman–Crippen MR) is 495 cm³/mol. The van der Waals surface area contributed by atoms with Crippen LogP contribution in [-0.2, 0) is 39.3 Å². The first kappa shape index (κ1) is 90.7. The van der Waals surface area contributed by atoms with Gasteiger partial charge >= 0.3 is 11.9 Å². The van der Waals surface area contributed by atoms with Crippen molar-refractivity contribution in [1.29, 1.82) is 0 Å². The summed E-state index contributed by atoms with van der Waals surface area (Å²) >= 11 is 0. The number of fused-ring (bicyclic) bond motifs is 4. The van der Waals surface area contributed by atoms with Gasteiger partial charge in [-0.3, -0.25) is 28.7 Å². The van der Waals surface area contributed by atoms with E-state index in [1.54, 1.807) is 21.0 Å². The summed E-state index contributed by atoms with van der Waals surface area (Å²) in [5.41, 5.74) is 21.4. The van der Waals surface area contributed by atoms with Gasteiger partial charge in [0.05, 0.1) is 86.1 Å². The molecule has 0 saturated heterocycles. The van der Waals surface area contributed by atoms with Gasteiger partial charge in [0.25, 0.3) is 32.1 Å². The molecule has 4 aliphatic heterocycles. The van der Waals surface area contributed by atoms with E-state index < -0.39 is 44.1 Å². The van der Waals surface area contributed by atoms with Crippen molar-refractivity contribution in [3.8, 4) is 50.7 Å². The molecular weight excluding hydrogens is 1650 g/mol. The molecule has 652 valence electrons. The van der Waals surface area contributed by atoms with Crippen LogP contribution in [0.1, 0.15) is 132 Å². The van der Waals surface area contributed by atoms with Crippen molar-refractivity contribution in [2.24, 2.45) is 40.6 Å². The largest absolute Gasteiger partial charge is 0.497 e. The molecule has 9 aromatic rings. The average molecular weight is 1750 g/mol. The number of nitrogens with zero attached hydrogens (tertiary/aromatic N) is 10. The van der Waals surface area contributed by atoms with E-state index in [4.69, 9.17) is 23.0 Å². The summed E-state index contributed by atoms with van der Waals surface area (Å²) in [6.45, 7) is 30.9. The molecule has 4 heterocycles. The molecule has 0 radical (unpaired) electrons. The van der Waals surface area contributed by atoms with Gasteiger partial charge in [-0.1, -0.05) is 72.8 Å². The fourth-order valence-corrected chi connectivity index (χ4v) is 16.4. The lowest BCUT2D eigenvalue weighted by Crippen LogP contribution is -2.29. The Kier molecular flexibility index (Phi) is 27.9. The molecule has 0 fully saturated rings. The molecule has 29 heteroatoms. The van der Waals surface area contributed by atoms with Gasteiger partial charge in [0, 0.05) is 101 Å². The van der Waals surface area contributed by atoms with E-state index in [9.17, 15) is 45.1 Å². The summed E-state index contributed by atoms with van der Waals surface area (Å²) in [5.74, 6) is 0.318. The zero-order chi connectivity index (χ0) is 90.9. The van der Waals surface area contributed by atoms with Crippen molar-refractivity contribution in [2.75, 3.05) is 67.2 Å². The number of benzene rings is 11. The van der Waals surface area contributed by atoms with Crippen molar-refractivity contribution in [1.82, 2.24) is 0 Å². The number of esters is 2. The third kappa shape index (κ3) is 19.7. The second kappa shape index (κ2) is 39.0. The lowest BCUT2D eigenvalue weighted by molar-refractivity contribution is -0.118. The number of hydrazone groups is 2. The SMILES string of the molecule is CCN=c1cc2oc3cc(NCC)c(C)cc3c(-c3ccccc3C(=O)OCC)c-2cc1C.CCN=c1cc2oc3cc(NCC)c(C)cc3c(-c3ccccc3C(=O)OCC)c-2cc1C.COc1ccc(C(c2ccc(N=NC3C(=O)N(c4ccc(S(=O)(=O)O)cc4)N=C3C)c(C)c2)c2ccc(N=NC3C(=O)N(c4ccc(S(=O)(=O)O)cc4)N=C3C)c(C)c2)cc1. The Balaban J connectivity index is 0.000000177. The van der Waals surface area contributed by atoms with Crippen molar-refractivity contribution >= 4 is 111 Å². The van der Waals surface area contributed by atoms with Crippen LogP contribution >= 0.6 is 0 Å². The summed E-state index contributed by atoms with van der Waals surface area (Å²) in [5, 5.41) is 39.0. The third-order valence-corrected chi connectivity index (χ3v) is 23.3. The minimum Gasteiger partial charge on any atom is -0.497 e. The second-order valence-electron chi connectivity index (χ2n) is 30.3. The average Bonchev–Trinajstić information content (AvgIpc) is 1.34. The van der Waals surface area contributed by atoms with Crippen LogP contribution in [0.5, 0.6) is 5.75 Å². The molecule has 15 rings (SSSR count). The summed E-state index contributed by atoms with van der Waals surface area (Å²) in [7, 11) is -7.21. The summed E-state index contributed by atoms with van der Waals surface area (Å²) in [4.78, 5) is 61.0. The normalized spacial score (nSPS) is 14.7. The first-order valence-corrected chi connectivity index (χ1v) is 44.4. The van der Waals surface area contributed by atoms with E-state index in [1.807, 2.05) is 175 Å². The van der Waals surface area contributed by atoms with Crippen molar-refractivity contribution < 1.29 is 68.2 Å². The number of azo groups is 2. The number of anilines is 4. The highest BCUT2D eigenvalue weighted by atomic mass is 32.2. The molecule has 0 saturated carbocycles. The molecule has 2 aliphatic carbocycles. The second-order valence-corrected chi connectivity index (χ2v) is 33.2. The van der Waals surface area contributed by atoms with Gasteiger partial charge in [-0.25, -0.2) is 9.59 Å². The molecule has 0 bridgehead atoms. The number of carbonyl (C=O) groups excluding carboxylic acids is 4. The maximum absolute atomic E-state index is 13.3. The molecule has 6 aliphatic rings. The zero-order valence-electron chi connectivity index (χ0n) is 73.1. The minimum atomic E-state index is -4.40. The van der Waals surface area contributed by atoms with Crippen molar-refractivity contribution in [2.45, 2.75) is 125 Å². The van der Waals surface area contributed by atoms with Gasteiger partial charge in [-0.05, 0) is 267 Å². The summed E-state index contributed by atoms with van der Waals surface area (Å²) in [6.07, 6.45) is 0. The molecule has 2 unspecified atom stereocenters. The van der Waals surface area contributed by atoms with Crippen LogP contribution in [0.15, 0.2) is 266 Å². The van der Waals surface area contributed by atoms with Gasteiger partial charge in [0.15, 0.2) is 12.1 Å². The Hall–Kier alpha value is -14.0. The first-order valence-electron chi connectivity index (χ1n) is 41.5. The summed E-state index contributed by atoms with van der Waals surface area (Å²) in [6, 6.07) is 59.3. The number of nitrogens with one attached hydrogen (secondary N) is 2. The first-order chi connectivity index (χ1) is 60.9. The molecule has 127 heavy (non-hydrogen) atoms. The Labute approximate surface area is 736 Å². The van der Waals surface area contributed by atoms with Crippen LogP contribution < -0.4 is 36.1 Å². The quantitative estimate of drug-likeness (QED) is 0.0143. The molecule has 27 nitrogen and oxygen atoms in total. The molecule has 9 aromatic carbocycles. The zero-order valence-corrected chi connectivity index (χ0v) is 74.7. The molecule has 0 spiro atoms. The van der Waals surface area contributed by atoms with Crippen LogP contribution in [0.4, 0.5) is 34.1 Å². The van der Waals surface area contributed by atoms with Gasteiger partial charge in [0.1, 0.15) is 28.4 Å². The van der Waals surface area contributed by atoms with E-state index in [0.717, 1.165) is 162 Å². The highest BCUT2D eigenvalue weighted by Crippen LogP contribution is 2.46. The van der Waals surface area contributed by atoms with Crippen LogP contribution in [0.25, 0.3) is 66.8 Å². The number of aryl methyl sites for hydroxylation is 6. The highest BCUT2D eigenvalue weighted by Gasteiger charge is 2.37. The number of ether oxygens (including phenoxy) is 3. The molecule has 0 aromatic heterocycles. The Morgan fingerprint density at radius 1 is 0.457 bits per heavy atom. The van der Waals surface area contributed by atoms with E-state index in [0.29, 0.717) is 77.4 Å². The van der Waals surface area contributed by atoms with Crippen LogP contribution in [-0.4, -0.2) is 120 Å². The standard InChI is InChI=1S/C42H38N8O9S2.2C28H30N2O3/c1-24-22-29(8-20-36(24)43-45-39-26(3)47-49(41(39)51)31-10-16-34(17-11-31)60(53,54)55)38(28-6-14-33(59-5)15-7-28)30-9-21-37(25(2)23-30)44-46-40-27(4)48-50(42(40)52)32-12-18-35(19-13-32)61(56,57)58;2*1-6-29-23-15-25-21(13-17(23)4)27(19-11-9-10-12-20(19)28(31)32-8-3)22-14-18(5)24(30-7-2)16-26(22)33-25/h6-23,38-40H,1-5H3,(H,53,54,55)(H,56,57,58);2*9-16,29H,6-8H2,1-5H3. The fraction of sp³-hybridized carbons (Fsp3) is 0.245. The van der Waals surface area contributed by atoms with E-state index in [1.165, 1.54) is 48.5 Å². The van der Waals surface area contributed by atoms with E-state index in [2.05, 4.69) is 117 Å². The monoisotopic (exact) mass is 1750 g/mol. The lowest BCUT2D eigenvalue weighted by Gasteiger charge is -2.21. The number of carbonyl (C=O) groups is 4. The summed E-state index contributed by atoms with van der Waals surface area (Å²) < 4.78 is 93.4. The van der Waals surface area contributed by atoms with Crippen molar-refractivity contribution in [3.63, 3.8) is 0 Å². The topological polar surface area (TPSA) is 360 Å². The number of hydrogen-bond acceptors (Lipinski definition) is 23. The molecule has 2 amide bonds. The smallest absolute Gasteiger partial charge is 0.338 e. The van der Waals surface area contributed by atoms with E-state index >= 15 is 0 Å². The van der Waals surface area contributed by atoms with Crippen LogP contribution in [0.3, 0.4) is 0 Å². The minimum absolute atomic E-state index is 0.251. The lowest BCUT2D eigenvalue weighted by atomic mass is 9.83. The predicted octanol–water partition coefficient (Wildman–Crippen LogP) is 20.4. The van der Waals surface area contributed by atoms with E-state index in [-0.39, 0.29) is 27.6 Å². The number of rotatable bonds is 24. The Bertz CT molecular complexity index is 6500. The maximum Gasteiger partial charge on any atom is 0.338 e. The molecular formula is C98H98N12O15S2. The van der Waals surface area contributed by atoms with Gasteiger partial charge in [-0.2, -0.15) is 57.5 Å². The number of methoxy groups -OCH3 is 1. The third-order valence-electron chi connectivity index (χ3n) is 21.6. The number of hydrogen-bond donors (Lipinski definition) is 4.